The van der Waals surface area contributed by atoms with Gasteiger partial charge in [0.15, 0.2) is 5.76 Å². The number of carbonyl (C=O) groups excluding carboxylic acids is 2. The molecule has 0 spiro atoms. The maximum atomic E-state index is 13.0. The molecule has 1 aromatic heterocycles. The minimum atomic E-state index is -0.281. The third-order valence-corrected chi connectivity index (χ3v) is 6.27. The first-order chi connectivity index (χ1) is 11.3. The second kappa shape index (κ2) is 5.91. The maximum Gasteiger partial charge on any atom is 0.333 e. The molecule has 130 valence electrons. The van der Waals surface area contributed by atoms with E-state index in [2.05, 4.69) is 13.8 Å². The van der Waals surface area contributed by atoms with Crippen molar-refractivity contribution in [2.75, 3.05) is 0 Å². The number of hydrogen-bond donors (Lipinski definition) is 0. The van der Waals surface area contributed by atoms with Crippen LogP contribution in [0.25, 0.3) is 0 Å². The third-order valence-electron chi connectivity index (χ3n) is 6.27. The van der Waals surface area contributed by atoms with Crippen molar-refractivity contribution in [2.45, 2.75) is 60.0 Å². The van der Waals surface area contributed by atoms with Crippen molar-refractivity contribution in [3.8, 4) is 0 Å². The molecule has 4 nitrogen and oxygen atoms in total. The van der Waals surface area contributed by atoms with Crippen LogP contribution in [0.2, 0.25) is 0 Å². The summed E-state index contributed by atoms with van der Waals surface area (Å²) in [6, 6.07) is 0. The lowest BCUT2D eigenvalue weighted by Crippen LogP contribution is -2.50. The first kappa shape index (κ1) is 17.0. The summed E-state index contributed by atoms with van der Waals surface area (Å²) in [4.78, 5) is 25.1. The number of furan rings is 1. The normalized spacial score (nSPS) is 33.0. The summed E-state index contributed by atoms with van der Waals surface area (Å²) in [5.74, 6) is 0.450. The molecule has 1 heterocycles. The molecule has 1 aromatic rings. The highest BCUT2D eigenvalue weighted by atomic mass is 16.5. The molecule has 0 radical (unpaired) electrons. The fourth-order valence-corrected chi connectivity index (χ4v) is 4.23. The molecule has 0 bridgehead atoms. The highest BCUT2D eigenvalue weighted by Crippen LogP contribution is 2.53. The van der Waals surface area contributed by atoms with Gasteiger partial charge in [-0.3, -0.25) is 4.79 Å². The second-order valence-corrected chi connectivity index (χ2v) is 7.70. The molecule has 0 unspecified atom stereocenters. The van der Waals surface area contributed by atoms with E-state index in [0.717, 1.165) is 24.0 Å². The number of rotatable bonds is 2. The first-order valence-electron chi connectivity index (χ1n) is 8.73. The Bertz CT molecular complexity index is 711. The molecule has 0 aromatic carbocycles. The van der Waals surface area contributed by atoms with Crippen LogP contribution >= 0.6 is 0 Å². The van der Waals surface area contributed by atoms with Gasteiger partial charge in [-0.05, 0) is 56.9 Å². The molecule has 0 amide bonds. The Morgan fingerprint density at radius 1 is 1.42 bits per heavy atom. The maximum absolute atomic E-state index is 13.0. The molecule has 2 aliphatic rings. The van der Waals surface area contributed by atoms with Gasteiger partial charge < -0.3 is 9.15 Å². The van der Waals surface area contributed by atoms with Gasteiger partial charge in [-0.15, -0.1) is 0 Å². The fourth-order valence-electron chi connectivity index (χ4n) is 4.23. The van der Waals surface area contributed by atoms with Crippen LogP contribution in [0.4, 0.5) is 0 Å². The van der Waals surface area contributed by atoms with Gasteiger partial charge in [0, 0.05) is 17.1 Å². The van der Waals surface area contributed by atoms with Crippen LogP contribution in [-0.2, 0) is 16.0 Å². The van der Waals surface area contributed by atoms with Crippen molar-refractivity contribution in [2.24, 2.45) is 17.3 Å². The van der Waals surface area contributed by atoms with E-state index in [4.69, 9.17) is 9.15 Å². The zero-order valence-electron chi connectivity index (χ0n) is 15.1. The lowest BCUT2D eigenvalue weighted by Gasteiger charge is -2.49. The molecule has 2 aliphatic carbocycles. The zero-order valence-corrected chi connectivity index (χ0v) is 15.1. The van der Waals surface area contributed by atoms with Gasteiger partial charge in [0.2, 0.25) is 5.78 Å². The van der Waals surface area contributed by atoms with Crippen molar-refractivity contribution in [3.05, 3.63) is 34.8 Å². The Morgan fingerprint density at radius 3 is 2.79 bits per heavy atom. The number of ketones is 1. The molecule has 0 saturated heterocycles. The highest BCUT2D eigenvalue weighted by Gasteiger charge is 2.53. The smallest absolute Gasteiger partial charge is 0.333 e. The van der Waals surface area contributed by atoms with Crippen molar-refractivity contribution in [3.63, 3.8) is 0 Å². The Kier molecular flexibility index (Phi) is 4.18. The molecule has 1 saturated carbocycles. The number of aryl methyl sites for hydroxylation is 1. The largest absolute Gasteiger partial charge is 0.461 e. The highest BCUT2D eigenvalue weighted by molar-refractivity contribution is 5.99. The number of esters is 1. The molecule has 0 N–H and O–H groups in total. The second-order valence-electron chi connectivity index (χ2n) is 7.70. The first-order valence-corrected chi connectivity index (χ1v) is 8.73. The summed E-state index contributed by atoms with van der Waals surface area (Å²) in [5.41, 5.74) is 2.63. The van der Waals surface area contributed by atoms with Gasteiger partial charge >= 0.3 is 5.97 Å². The Morgan fingerprint density at radius 2 is 2.12 bits per heavy atom. The van der Waals surface area contributed by atoms with Crippen LogP contribution in [-0.4, -0.2) is 17.9 Å². The van der Waals surface area contributed by atoms with Crippen LogP contribution < -0.4 is 0 Å². The number of ether oxygens (including phenoxy) is 1. The standard InChI is InChI=1S/C20H26O4/c1-6-11(2)19(22)24-14-7-13(4)20(5)9-15-12(3)10-23-18(15)17(21)16(20)8-14/h6,10,13-14,16H,7-9H2,1-5H3/t13-,14-,16-,20+/m0/s1. The van der Waals surface area contributed by atoms with Crippen LogP contribution in [0.15, 0.2) is 22.3 Å². The van der Waals surface area contributed by atoms with E-state index in [1.165, 1.54) is 0 Å². The fraction of sp³-hybridized carbons (Fsp3) is 0.600. The van der Waals surface area contributed by atoms with Gasteiger partial charge in [0.25, 0.3) is 0 Å². The lowest BCUT2D eigenvalue weighted by atomic mass is 9.54. The Balaban J connectivity index is 1.87. The lowest BCUT2D eigenvalue weighted by molar-refractivity contribution is -0.150. The number of fused-ring (bicyclic) bond motifs is 2. The average Bonchev–Trinajstić information content (AvgIpc) is 2.90. The van der Waals surface area contributed by atoms with Crippen molar-refractivity contribution in [1.82, 2.24) is 0 Å². The quantitative estimate of drug-likeness (QED) is 0.600. The van der Waals surface area contributed by atoms with E-state index in [-0.39, 0.29) is 29.2 Å². The van der Waals surface area contributed by atoms with Crippen molar-refractivity contribution >= 4 is 11.8 Å². The summed E-state index contributed by atoms with van der Waals surface area (Å²) in [7, 11) is 0. The van der Waals surface area contributed by atoms with Gasteiger partial charge in [-0.1, -0.05) is 19.9 Å². The van der Waals surface area contributed by atoms with E-state index < -0.39 is 0 Å². The van der Waals surface area contributed by atoms with Crippen molar-refractivity contribution < 1.29 is 18.7 Å². The molecular weight excluding hydrogens is 304 g/mol. The average molecular weight is 330 g/mol. The topological polar surface area (TPSA) is 56.5 Å². The third kappa shape index (κ3) is 2.52. The number of Topliss-reactive ketones (excluding diaryl/α,β-unsaturated/α-hetero) is 1. The number of allylic oxidation sites excluding steroid dienone is 1. The van der Waals surface area contributed by atoms with E-state index in [1.54, 1.807) is 19.3 Å². The Hall–Kier alpha value is -1.84. The van der Waals surface area contributed by atoms with Crippen LogP contribution in [0.3, 0.4) is 0 Å². The van der Waals surface area contributed by atoms with E-state index in [0.29, 0.717) is 23.7 Å². The summed E-state index contributed by atoms with van der Waals surface area (Å²) >= 11 is 0. The molecule has 4 heteroatoms. The van der Waals surface area contributed by atoms with Crippen molar-refractivity contribution in [1.29, 1.82) is 0 Å². The summed E-state index contributed by atoms with van der Waals surface area (Å²) < 4.78 is 11.2. The van der Waals surface area contributed by atoms with E-state index in [9.17, 15) is 9.59 Å². The van der Waals surface area contributed by atoms with Gasteiger partial charge in [-0.25, -0.2) is 4.79 Å². The zero-order chi connectivity index (χ0) is 17.6. The Labute approximate surface area is 143 Å². The van der Waals surface area contributed by atoms with Crippen LogP contribution in [0.1, 0.15) is 62.2 Å². The molecule has 0 aliphatic heterocycles. The van der Waals surface area contributed by atoms with Crippen LogP contribution in [0, 0.1) is 24.2 Å². The molecule has 1 fully saturated rings. The van der Waals surface area contributed by atoms with Gasteiger partial charge in [-0.2, -0.15) is 0 Å². The minimum Gasteiger partial charge on any atom is -0.461 e. The van der Waals surface area contributed by atoms with Crippen LogP contribution in [0.5, 0.6) is 0 Å². The monoisotopic (exact) mass is 330 g/mol. The summed E-state index contributed by atoms with van der Waals surface area (Å²) in [6.07, 6.45) is 5.47. The molecular formula is C20H26O4. The van der Waals surface area contributed by atoms with E-state index >= 15 is 0 Å². The summed E-state index contributed by atoms with van der Waals surface area (Å²) in [5, 5.41) is 0. The predicted molar refractivity (Wildman–Crippen MR) is 90.8 cm³/mol. The minimum absolute atomic E-state index is 0.0715. The van der Waals surface area contributed by atoms with Gasteiger partial charge in [0.05, 0.1) is 6.26 Å². The molecule has 3 rings (SSSR count). The number of carbonyl (C=O) groups is 2. The van der Waals surface area contributed by atoms with Gasteiger partial charge in [0.1, 0.15) is 6.10 Å². The van der Waals surface area contributed by atoms with E-state index in [1.807, 2.05) is 13.8 Å². The molecule has 4 atom stereocenters. The molecule has 24 heavy (non-hydrogen) atoms. The summed E-state index contributed by atoms with van der Waals surface area (Å²) in [6.45, 7) is 9.94. The number of hydrogen-bond acceptors (Lipinski definition) is 4. The predicted octanol–water partition coefficient (Wildman–Crippen LogP) is 4.26. The SMILES string of the molecule is CC=C(C)C(=O)O[C@H]1C[C@H](C)[C@@]2(C)Cc3c(C)coc3C(=O)[C@@H]2C1.